The van der Waals surface area contributed by atoms with Crippen LogP contribution in [0.4, 0.5) is 22.7 Å². The van der Waals surface area contributed by atoms with Crippen molar-refractivity contribution in [2.24, 2.45) is 5.41 Å². The number of aromatic nitrogens is 4. The first-order chi connectivity index (χ1) is 37.0. The van der Waals surface area contributed by atoms with Gasteiger partial charge >= 0.3 is 0 Å². The van der Waals surface area contributed by atoms with Crippen molar-refractivity contribution in [1.82, 2.24) is 35.9 Å². The van der Waals surface area contributed by atoms with Gasteiger partial charge in [0, 0.05) is 102 Å². The molecule has 76 heavy (non-hydrogen) atoms. The van der Waals surface area contributed by atoms with Gasteiger partial charge in [0.05, 0.1) is 17.5 Å². The number of H-pyrrole nitrogens is 1. The van der Waals surface area contributed by atoms with Gasteiger partial charge in [-0.05, 0) is 85.4 Å². The Labute approximate surface area is 440 Å². The van der Waals surface area contributed by atoms with Gasteiger partial charge in [0.15, 0.2) is 5.69 Å². The molecule has 19 heteroatoms. The fourth-order valence-corrected chi connectivity index (χ4v) is 12.3. The first-order valence-electron chi connectivity index (χ1n) is 26.6. The quantitative estimate of drug-likeness (QED) is 0.149. The number of benzene rings is 4. The summed E-state index contributed by atoms with van der Waals surface area (Å²) in [5.41, 5.74) is 5.77. The number of hydrogen-bond donors (Lipinski definition) is 3. The smallest absolute Gasteiger partial charge is 0.291 e. The molecule has 0 aliphatic carbocycles. The molecule has 6 atom stereocenters. The van der Waals surface area contributed by atoms with E-state index in [1.165, 1.54) is 0 Å². The summed E-state index contributed by atoms with van der Waals surface area (Å²) in [5, 5.41) is 16.6. The molecule has 4 amide bonds. The van der Waals surface area contributed by atoms with Crippen molar-refractivity contribution in [3.63, 3.8) is 0 Å². The van der Waals surface area contributed by atoms with E-state index in [4.69, 9.17) is 18.7 Å². The molecule has 5 saturated heterocycles. The summed E-state index contributed by atoms with van der Waals surface area (Å²) in [5.74, 6) is 0.649. The van der Waals surface area contributed by atoms with E-state index in [-0.39, 0.29) is 48.1 Å². The molecule has 6 unspecified atom stereocenters. The van der Waals surface area contributed by atoms with E-state index in [2.05, 4.69) is 63.9 Å². The maximum Gasteiger partial charge on any atom is 0.291 e. The van der Waals surface area contributed by atoms with E-state index in [1.807, 2.05) is 78.9 Å². The standard InChI is InChI=1S/C57H63N11O8/c1-64-45-15-13-38(31-49(45)75-35-44(55(64)71)59-54(70)52-60-51(61-62-52)28-37-11-7-4-8-12-37)66-22-18-57(19-23-66)20-26-73-50(33-57)47-30-40-17-21-67(47)24-25-68(40)39-14-16-48-46(29-39)65(2)56(72)43(34-74-48)58-53(69)42-32-41(76-63-42)27-36-9-5-3-6-10-36/h3-16,29,31-32,40,43-44,47,50H,17-28,30,33-35H2,1-2H3,(H,58,69)(H,59,70)(H,60,61,62). The molecule has 9 heterocycles. The van der Waals surface area contributed by atoms with E-state index in [9.17, 15) is 19.2 Å². The average molecular weight is 1030 g/mol. The molecule has 2 bridgehead atoms. The zero-order chi connectivity index (χ0) is 51.9. The van der Waals surface area contributed by atoms with Crippen LogP contribution < -0.4 is 39.7 Å². The summed E-state index contributed by atoms with van der Waals surface area (Å²) >= 11 is 0. The van der Waals surface area contributed by atoms with Crippen molar-refractivity contribution >= 4 is 46.4 Å². The molecule has 4 aromatic carbocycles. The first kappa shape index (κ1) is 49.1. The molecular weight excluding hydrogens is 967 g/mol. The lowest BCUT2D eigenvalue weighted by atomic mass is 9.69. The topological polar surface area (TPSA) is 204 Å². The summed E-state index contributed by atoms with van der Waals surface area (Å²) in [6, 6.07) is 32.1. The largest absolute Gasteiger partial charge is 0.489 e. The third kappa shape index (κ3) is 9.96. The number of carbonyl (C=O) groups is 4. The van der Waals surface area contributed by atoms with Gasteiger partial charge in [-0.25, -0.2) is 4.98 Å². The highest BCUT2D eigenvalue weighted by atomic mass is 16.5. The van der Waals surface area contributed by atoms with Crippen molar-refractivity contribution < 1.29 is 37.9 Å². The fourth-order valence-electron chi connectivity index (χ4n) is 12.3. The van der Waals surface area contributed by atoms with Crippen molar-refractivity contribution in [2.75, 3.05) is 86.2 Å². The predicted octanol–water partition coefficient (Wildman–Crippen LogP) is 5.40. The highest BCUT2D eigenvalue weighted by Gasteiger charge is 2.47. The van der Waals surface area contributed by atoms with Crippen LogP contribution in [0.15, 0.2) is 108 Å². The Hall–Kier alpha value is -7.77. The second-order valence-electron chi connectivity index (χ2n) is 21.2. The van der Waals surface area contributed by atoms with Crippen LogP contribution in [0.2, 0.25) is 0 Å². The molecular formula is C57H63N11O8. The van der Waals surface area contributed by atoms with Gasteiger partial charge in [-0.2, -0.15) is 0 Å². The minimum atomic E-state index is -0.925. The molecule has 7 aliphatic heterocycles. The number of rotatable bonds is 11. The number of carbonyl (C=O) groups excluding carboxylic acids is 4. The Morgan fingerprint density at radius 2 is 1.42 bits per heavy atom. The lowest BCUT2D eigenvalue weighted by molar-refractivity contribution is -0.121. The Balaban J connectivity index is 0.648. The van der Waals surface area contributed by atoms with Gasteiger partial charge < -0.3 is 49.0 Å². The normalized spacial score (nSPS) is 24.1. The van der Waals surface area contributed by atoms with Gasteiger partial charge in [0.25, 0.3) is 23.6 Å². The van der Waals surface area contributed by atoms with Crippen molar-refractivity contribution in [3.8, 4) is 11.5 Å². The third-order valence-electron chi connectivity index (χ3n) is 16.6. The van der Waals surface area contributed by atoms with Crippen LogP contribution in [-0.2, 0) is 27.2 Å². The monoisotopic (exact) mass is 1030 g/mol. The van der Waals surface area contributed by atoms with Gasteiger partial charge in [-0.1, -0.05) is 65.8 Å². The molecule has 3 N–H and O–H groups in total. The fraction of sp³-hybridized carbons (Fsp3) is 0.421. The third-order valence-corrected chi connectivity index (χ3v) is 16.6. The van der Waals surface area contributed by atoms with Crippen LogP contribution >= 0.6 is 0 Å². The minimum Gasteiger partial charge on any atom is -0.489 e. The summed E-state index contributed by atoms with van der Waals surface area (Å²) < 4.78 is 24.7. The maximum absolute atomic E-state index is 13.9. The first-order valence-corrected chi connectivity index (χ1v) is 26.6. The lowest BCUT2D eigenvalue weighted by Crippen LogP contribution is -2.54. The molecule has 394 valence electrons. The number of anilines is 4. The minimum absolute atomic E-state index is 0.0160. The maximum atomic E-state index is 13.9. The number of fused-ring (bicyclic) bond motifs is 6. The molecule has 7 aliphatic rings. The van der Waals surface area contributed by atoms with E-state index >= 15 is 0 Å². The molecule has 13 rings (SSSR count). The number of likely N-dealkylation sites (N-methyl/N-ethyl adjacent to an activating group) is 2. The summed E-state index contributed by atoms with van der Waals surface area (Å²) in [6.45, 7) is 5.28. The van der Waals surface area contributed by atoms with E-state index in [0.29, 0.717) is 59.4 Å². The van der Waals surface area contributed by atoms with Gasteiger partial charge in [-0.15, -0.1) is 5.10 Å². The van der Waals surface area contributed by atoms with Crippen LogP contribution in [0.5, 0.6) is 11.5 Å². The molecule has 6 aromatic rings. The van der Waals surface area contributed by atoms with Crippen molar-refractivity contribution in [2.45, 2.75) is 81.6 Å². The summed E-state index contributed by atoms with van der Waals surface area (Å²) in [7, 11) is 3.44. The predicted molar refractivity (Wildman–Crippen MR) is 283 cm³/mol. The molecule has 0 radical (unpaired) electrons. The number of nitrogens with one attached hydrogen (secondary N) is 3. The molecule has 1 spiro atoms. The summed E-state index contributed by atoms with van der Waals surface area (Å²) in [4.78, 5) is 69.3. The van der Waals surface area contributed by atoms with Gasteiger partial charge in [0.2, 0.25) is 5.82 Å². The van der Waals surface area contributed by atoms with Crippen LogP contribution in [-0.4, -0.2) is 146 Å². The van der Waals surface area contributed by atoms with Crippen molar-refractivity contribution in [1.29, 1.82) is 0 Å². The van der Waals surface area contributed by atoms with Crippen LogP contribution in [0.25, 0.3) is 0 Å². The SMILES string of the molecule is CN1C(=O)C(NC(=O)c2cc(Cc3ccccc3)on2)COc2ccc(N3CCN4CCC3CC4C3CC4(CCO3)CCN(c3ccc5c(c3)OCC(NC(=O)c3n[nH]c(Cc6ccccc6)n3)C(=O)N5C)CC4)cc21. The second-order valence-corrected chi connectivity index (χ2v) is 21.2. The number of hydrogen-bond acceptors (Lipinski definition) is 14. The van der Waals surface area contributed by atoms with Crippen LogP contribution in [0, 0.1) is 5.41 Å². The van der Waals surface area contributed by atoms with E-state index < -0.39 is 23.9 Å². The Morgan fingerprint density at radius 3 is 2.18 bits per heavy atom. The Kier molecular flexibility index (Phi) is 13.4. The zero-order valence-corrected chi connectivity index (χ0v) is 42.9. The Morgan fingerprint density at radius 1 is 0.724 bits per heavy atom. The molecule has 2 aromatic heterocycles. The van der Waals surface area contributed by atoms with Crippen LogP contribution in [0.3, 0.4) is 0 Å². The van der Waals surface area contributed by atoms with Gasteiger partial charge in [0.1, 0.15) is 48.4 Å². The van der Waals surface area contributed by atoms with Crippen LogP contribution in [0.1, 0.15) is 82.3 Å². The van der Waals surface area contributed by atoms with E-state index in [0.717, 1.165) is 100 Å². The number of nitrogens with zero attached hydrogens (tertiary/aromatic N) is 8. The van der Waals surface area contributed by atoms with Crippen molar-refractivity contribution in [3.05, 3.63) is 137 Å². The number of piperidine rings is 2. The highest BCUT2D eigenvalue weighted by Crippen LogP contribution is 2.47. The summed E-state index contributed by atoms with van der Waals surface area (Å²) in [6.07, 6.45) is 7.33. The number of aromatic amines is 1. The second kappa shape index (κ2) is 20.7. The number of amides is 4. The zero-order valence-electron chi connectivity index (χ0n) is 42.9. The molecule has 19 nitrogen and oxygen atoms in total. The van der Waals surface area contributed by atoms with E-state index in [1.54, 1.807) is 30.0 Å². The number of ether oxygens (including phenoxy) is 3. The highest BCUT2D eigenvalue weighted by molar-refractivity contribution is 6.04. The average Bonchev–Trinajstić information content (AvgIpc) is 3.97. The lowest BCUT2D eigenvalue weighted by Gasteiger charge is -2.50. The Bertz CT molecular complexity index is 3100. The molecule has 0 saturated carbocycles. The van der Waals surface area contributed by atoms with Gasteiger partial charge in [-0.3, -0.25) is 29.2 Å². The molecule has 5 fully saturated rings.